The van der Waals surface area contributed by atoms with Crippen molar-refractivity contribution < 1.29 is 9.53 Å². The van der Waals surface area contributed by atoms with Gasteiger partial charge in [0.2, 0.25) is 0 Å². The van der Waals surface area contributed by atoms with Crippen LogP contribution in [0, 0.1) is 11.3 Å². The van der Waals surface area contributed by atoms with Gasteiger partial charge in [0.25, 0.3) is 0 Å². The van der Waals surface area contributed by atoms with Crippen molar-refractivity contribution >= 4 is 23.0 Å². The Kier molecular flexibility index (Phi) is 5.61. The van der Waals surface area contributed by atoms with Gasteiger partial charge < -0.3 is 10.1 Å². The van der Waals surface area contributed by atoms with Crippen LogP contribution in [0.3, 0.4) is 0 Å². The van der Waals surface area contributed by atoms with Crippen LogP contribution in [0.1, 0.15) is 0 Å². The van der Waals surface area contributed by atoms with E-state index in [0.717, 1.165) is 5.69 Å². The number of benzene rings is 2. The Morgan fingerprint density at radius 3 is 2.26 bits per heavy atom. The van der Waals surface area contributed by atoms with Crippen molar-refractivity contribution in [2.45, 2.75) is 0 Å². The number of rotatable bonds is 5. The highest BCUT2D eigenvalue weighted by Gasteiger charge is 2.07. The molecular formula is C17H14N4O2. The van der Waals surface area contributed by atoms with E-state index < -0.39 is 5.97 Å². The molecule has 0 saturated heterocycles. The van der Waals surface area contributed by atoms with Crippen molar-refractivity contribution in [3.8, 4) is 6.07 Å². The molecule has 6 heteroatoms. The molecule has 0 fully saturated rings. The molecule has 2 aromatic carbocycles. The predicted octanol–water partition coefficient (Wildman–Crippen LogP) is 4.09. The van der Waals surface area contributed by atoms with Gasteiger partial charge in [-0.15, -0.1) is 0 Å². The number of methoxy groups -OCH3 is 1. The number of azo groups is 1. The molecule has 0 aromatic heterocycles. The first-order valence-electron chi connectivity index (χ1n) is 6.75. The van der Waals surface area contributed by atoms with E-state index >= 15 is 0 Å². The average molecular weight is 306 g/mol. The third-order valence-electron chi connectivity index (χ3n) is 2.81. The van der Waals surface area contributed by atoms with E-state index in [0.29, 0.717) is 11.4 Å². The third-order valence-corrected chi connectivity index (χ3v) is 2.81. The zero-order valence-corrected chi connectivity index (χ0v) is 12.4. The second-order valence-electron chi connectivity index (χ2n) is 4.39. The van der Waals surface area contributed by atoms with Gasteiger partial charge in [-0.05, 0) is 36.4 Å². The van der Waals surface area contributed by atoms with E-state index in [2.05, 4.69) is 20.3 Å². The largest absolute Gasteiger partial charge is 0.465 e. The van der Waals surface area contributed by atoms with E-state index in [1.807, 2.05) is 30.3 Å². The Labute approximate surface area is 133 Å². The molecule has 0 aliphatic carbocycles. The standard InChI is InChI=1S/C17H14N4O2/c1-23-17(22)13(11-18)12-19-14-7-9-16(10-8-14)21-20-15-5-3-2-4-6-15/h2-10,12,19H,1H3/b13-12+,21-20?. The van der Waals surface area contributed by atoms with Gasteiger partial charge in [0.15, 0.2) is 5.57 Å². The minimum Gasteiger partial charge on any atom is -0.465 e. The van der Waals surface area contributed by atoms with E-state index in [-0.39, 0.29) is 5.57 Å². The number of carbonyl (C=O) groups is 1. The molecule has 0 aliphatic rings. The molecule has 0 amide bonds. The lowest BCUT2D eigenvalue weighted by Gasteiger charge is -2.02. The van der Waals surface area contributed by atoms with Crippen molar-refractivity contribution in [1.82, 2.24) is 0 Å². The van der Waals surface area contributed by atoms with Gasteiger partial charge in [0.1, 0.15) is 6.07 Å². The van der Waals surface area contributed by atoms with Crippen molar-refractivity contribution in [2.75, 3.05) is 12.4 Å². The summed E-state index contributed by atoms with van der Waals surface area (Å²) < 4.78 is 4.49. The quantitative estimate of drug-likeness (QED) is 0.390. The first-order chi connectivity index (χ1) is 11.2. The number of esters is 1. The number of ether oxygens (including phenoxy) is 1. The topological polar surface area (TPSA) is 86.8 Å². The van der Waals surface area contributed by atoms with Gasteiger partial charge in [-0.2, -0.15) is 15.5 Å². The normalized spacial score (nSPS) is 11.0. The monoisotopic (exact) mass is 306 g/mol. The highest BCUT2D eigenvalue weighted by molar-refractivity contribution is 5.93. The first-order valence-corrected chi connectivity index (χ1v) is 6.75. The zero-order valence-electron chi connectivity index (χ0n) is 12.4. The molecule has 0 heterocycles. The van der Waals surface area contributed by atoms with Crippen LogP contribution in [0.4, 0.5) is 17.1 Å². The van der Waals surface area contributed by atoms with Crippen LogP contribution in [-0.4, -0.2) is 13.1 Å². The van der Waals surface area contributed by atoms with E-state index in [4.69, 9.17) is 5.26 Å². The molecule has 0 aliphatic heterocycles. The molecule has 0 atom stereocenters. The molecule has 23 heavy (non-hydrogen) atoms. The van der Waals surface area contributed by atoms with Crippen LogP contribution in [-0.2, 0) is 9.53 Å². The molecule has 2 rings (SSSR count). The van der Waals surface area contributed by atoms with Gasteiger partial charge in [-0.1, -0.05) is 18.2 Å². The number of hydrogen-bond donors (Lipinski definition) is 1. The number of hydrogen-bond acceptors (Lipinski definition) is 6. The molecule has 1 N–H and O–H groups in total. The third kappa shape index (κ3) is 4.79. The van der Waals surface area contributed by atoms with E-state index in [1.54, 1.807) is 30.3 Å². The van der Waals surface area contributed by atoms with Crippen LogP contribution in [0.2, 0.25) is 0 Å². The molecule has 0 bridgehead atoms. The van der Waals surface area contributed by atoms with Crippen LogP contribution in [0.15, 0.2) is 76.6 Å². The highest BCUT2D eigenvalue weighted by atomic mass is 16.5. The summed E-state index contributed by atoms with van der Waals surface area (Å²) in [7, 11) is 1.22. The summed E-state index contributed by atoms with van der Waals surface area (Å²) >= 11 is 0. The first kappa shape index (κ1) is 15.9. The molecule has 6 nitrogen and oxygen atoms in total. The number of nitrogens with zero attached hydrogens (tertiary/aromatic N) is 3. The summed E-state index contributed by atoms with van der Waals surface area (Å²) in [5.74, 6) is -0.687. The number of carbonyl (C=O) groups excluding carboxylic acids is 1. The van der Waals surface area contributed by atoms with E-state index in [1.165, 1.54) is 13.3 Å². The molecule has 0 unspecified atom stereocenters. The fourth-order valence-electron chi connectivity index (χ4n) is 1.64. The van der Waals surface area contributed by atoms with Gasteiger partial charge in [0.05, 0.1) is 18.5 Å². The Balaban J connectivity index is 2.03. The molecular weight excluding hydrogens is 292 g/mol. The fourth-order valence-corrected chi connectivity index (χ4v) is 1.64. The lowest BCUT2D eigenvalue weighted by Crippen LogP contribution is -2.05. The Morgan fingerprint density at radius 2 is 1.70 bits per heavy atom. The summed E-state index contributed by atoms with van der Waals surface area (Å²) in [5, 5.41) is 19.9. The smallest absolute Gasteiger partial charge is 0.350 e. The van der Waals surface area contributed by atoms with Crippen molar-refractivity contribution in [3.63, 3.8) is 0 Å². The fraction of sp³-hybridized carbons (Fsp3) is 0.0588. The second kappa shape index (κ2) is 8.10. The lowest BCUT2D eigenvalue weighted by atomic mass is 10.2. The van der Waals surface area contributed by atoms with Crippen molar-refractivity contribution in [1.29, 1.82) is 5.26 Å². The summed E-state index contributed by atoms with van der Waals surface area (Å²) in [4.78, 5) is 11.3. The summed E-state index contributed by atoms with van der Waals surface area (Å²) in [5.41, 5.74) is 2.06. The number of nitrogens with one attached hydrogen (secondary N) is 1. The van der Waals surface area contributed by atoms with Crippen LogP contribution in [0.5, 0.6) is 0 Å². The Bertz CT molecular complexity index is 759. The summed E-state index contributed by atoms with van der Waals surface area (Å²) in [6.45, 7) is 0. The van der Waals surface area contributed by atoms with Gasteiger partial charge in [-0.3, -0.25) is 0 Å². The van der Waals surface area contributed by atoms with Crippen molar-refractivity contribution in [3.05, 3.63) is 66.4 Å². The van der Waals surface area contributed by atoms with E-state index in [9.17, 15) is 4.79 Å². The summed E-state index contributed by atoms with van der Waals surface area (Å²) in [6.07, 6.45) is 1.30. The number of anilines is 1. The maximum absolute atomic E-state index is 11.3. The maximum Gasteiger partial charge on any atom is 0.350 e. The molecule has 0 saturated carbocycles. The molecule has 0 radical (unpaired) electrons. The SMILES string of the molecule is COC(=O)/C(C#N)=C/Nc1ccc(N=Nc2ccccc2)cc1. The zero-order chi connectivity index (χ0) is 16.5. The van der Waals surface area contributed by atoms with Gasteiger partial charge >= 0.3 is 5.97 Å². The minimum absolute atomic E-state index is 0.111. The van der Waals surface area contributed by atoms with Crippen LogP contribution in [0.25, 0.3) is 0 Å². The highest BCUT2D eigenvalue weighted by Crippen LogP contribution is 2.20. The van der Waals surface area contributed by atoms with Crippen LogP contribution >= 0.6 is 0 Å². The predicted molar refractivity (Wildman–Crippen MR) is 86.4 cm³/mol. The van der Waals surface area contributed by atoms with Crippen LogP contribution < -0.4 is 5.32 Å². The number of nitriles is 1. The molecule has 0 spiro atoms. The molecule has 2 aromatic rings. The van der Waals surface area contributed by atoms with Crippen molar-refractivity contribution in [2.24, 2.45) is 10.2 Å². The average Bonchev–Trinajstić information content (AvgIpc) is 2.62. The Hall–Kier alpha value is -3.46. The minimum atomic E-state index is -0.687. The van der Waals surface area contributed by atoms with Gasteiger partial charge in [-0.25, -0.2) is 4.79 Å². The second-order valence-corrected chi connectivity index (χ2v) is 4.39. The maximum atomic E-state index is 11.3. The Morgan fingerprint density at radius 1 is 1.09 bits per heavy atom. The molecule has 114 valence electrons. The van der Waals surface area contributed by atoms with Gasteiger partial charge in [0, 0.05) is 11.9 Å². The summed E-state index contributed by atoms with van der Waals surface area (Å²) in [6, 6.07) is 18.3. The lowest BCUT2D eigenvalue weighted by molar-refractivity contribution is -0.135.